The quantitative estimate of drug-likeness (QED) is 0.254. The van der Waals surface area contributed by atoms with Crippen LogP contribution in [-0.2, 0) is 5.41 Å². The third kappa shape index (κ3) is 4.06. The molecule has 2 aromatic heterocycles. The minimum absolute atomic E-state index is 0.412. The van der Waals surface area contributed by atoms with Crippen molar-refractivity contribution in [3.05, 3.63) is 111 Å². The van der Waals surface area contributed by atoms with Crippen LogP contribution in [0.25, 0.3) is 33.7 Å². The SMILES string of the molecule is CC(C)(C#N)c1ccc(-n2c(=O)n(C(=O)C=Cc3ccccc3)c3cnc4ccc(Br)cc4c32)cc1. The molecule has 5 aromatic rings. The molecule has 0 bridgehead atoms. The first kappa shape index (κ1) is 23.5. The van der Waals surface area contributed by atoms with Gasteiger partial charge in [-0.1, -0.05) is 58.4 Å². The van der Waals surface area contributed by atoms with Gasteiger partial charge in [0.1, 0.15) is 0 Å². The van der Waals surface area contributed by atoms with Crippen molar-refractivity contribution in [1.82, 2.24) is 14.1 Å². The van der Waals surface area contributed by atoms with Gasteiger partial charge < -0.3 is 0 Å². The zero-order chi connectivity index (χ0) is 25.4. The molecule has 0 spiro atoms. The van der Waals surface area contributed by atoms with Crippen molar-refractivity contribution < 1.29 is 4.79 Å². The molecule has 0 atom stereocenters. The normalized spacial score (nSPS) is 11.8. The predicted molar refractivity (Wildman–Crippen MR) is 145 cm³/mol. The Bertz CT molecular complexity index is 1760. The molecule has 0 N–H and O–H groups in total. The van der Waals surface area contributed by atoms with E-state index in [-0.39, 0.29) is 0 Å². The van der Waals surface area contributed by atoms with Crippen LogP contribution in [-0.4, -0.2) is 20.0 Å². The second-order valence-corrected chi connectivity index (χ2v) is 9.89. The van der Waals surface area contributed by atoms with Crippen molar-refractivity contribution in [2.75, 3.05) is 0 Å². The maximum absolute atomic E-state index is 13.8. The van der Waals surface area contributed by atoms with E-state index < -0.39 is 17.0 Å². The number of benzene rings is 3. The van der Waals surface area contributed by atoms with Crippen LogP contribution in [0, 0.1) is 11.3 Å². The van der Waals surface area contributed by atoms with Gasteiger partial charge in [-0.3, -0.25) is 14.3 Å². The van der Waals surface area contributed by atoms with E-state index >= 15 is 0 Å². The molecular formula is C29H21BrN4O2. The Balaban J connectivity index is 1.76. The highest BCUT2D eigenvalue weighted by Gasteiger charge is 2.23. The van der Waals surface area contributed by atoms with E-state index in [4.69, 9.17) is 0 Å². The first-order valence-electron chi connectivity index (χ1n) is 11.3. The standard InChI is InChI=1S/C29H21BrN4O2/c1-29(2,18-31)20-9-12-22(13-10-20)33-27-23-16-21(30)11-14-24(23)32-17-25(27)34(28(33)36)26(35)15-8-19-6-4-3-5-7-19/h3-17H,1-2H3. The van der Waals surface area contributed by atoms with Crippen molar-refractivity contribution in [2.45, 2.75) is 19.3 Å². The summed E-state index contributed by atoms with van der Waals surface area (Å²) in [4.78, 5) is 31.6. The highest BCUT2D eigenvalue weighted by Crippen LogP contribution is 2.29. The summed E-state index contributed by atoms with van der Waals surface area (Å²) in [6, 6.07) is 24.6. The Morgan fingerprint density at radius 3 is 2.47 bits per heavy atom. The second-order valence-electron chi connectivity index (χ2n) is 8.97. The summed E-state index contributed by atoms with van der Waals surface area (Å²) >= 11 is 3.51. The number of halogens is 1. The second kappa shape index (κ2) is 9.06. The largest absolute Gasteiger partial charge is 0.340 e. The number of carbonyl (C=O) groups is 1. The van der Waals surface area contributed by atoms with Crippen molar-refractivity contribution in [1.29, 1.82) is 5.26 Å². The molecule has 0 amide bonds. The van der Waals surface area contributed by atoms with Crippen molar-refractivity contribution in [3.8, 4) is 11.8 Å². The Hall–Kier alpha value is -4.28. The van der Waals surface area contributed by atoms with Gasteiger partial charge in [-0.2, -0.15) is 5.26 Å². The van der Waals surface area contributed by atoms with E-state index in [1.807, 2.05) is 74.5 Å². The summed E-state index contributed by atoms with van der Waals surface area (Å²) in [5.74, 6) is -0.467. The lowest BCUT2D eigenvalue weighted by molar-refractivity contribution is 0.0970. The number of hydrogen-bond acceptors (Lipinski definition) is 4. The molecular weight excluding hydrogens is 516 g/mol. The van der Waals surface area contributed by atoms with E-state index in [0.717, 1.165) is 25.6 Å². The maximum atomic E-state index is 13.8. The van der Waals surface area contributed by atoms with E-state index in [1.165, 1.54) is 10.6 Å². The number of pyridine rings is 1. The molecule has 176 valence electrons. The van der Waals surface area contributed by atoms with Gasteiger partial charge in [0.2, 0.25) is 0 Å². The fraction of sp³-hybridized carbons (Fsp3) is 0.103. The fourth-order valence-corrected chi connectivity index (χ4v) is 4.55. The van der Waals surface area contributed by atoms with Crippen LogP contribution < -0.4 is 5.69 Å². The van der Waals surface area contributed by atoms with Gasteiger partial charge in [-0.15, -0.1) is 0 Å². The van der Waals surface area contributed by atoms with Gasteiger partial charge >= 0.3 is 5.69 Å². The predicted octanol–water partition coefficient (Wildman–Crippen LogP) is 6.26. The molecule has 0 fully saturated rings. The monoisotopic (exact) mass is 536 g/mol. The lowest BCUT2D eigenvalue weighted by Gasteiger charge is -2.16. The third-order valence-electron chi connectivity index (χ3n) is 6.19. The molecule has 0 saturated carbocycles. The topological polar surface area (TPSA) is 80.7 Å². The van der Waals surface area contributed by atoms with Crippen LogP contribution in [0.1, 0.15) is 29.8 Å². The number of allylic oxidation sites excluding steroid dienone is 1. The van der Waals surface area contributed by atoms with Gasteiger partial charge in [0.05, 0.1) is 39.9 Å². The Morgan fingerprint density at radius 1 is 1.06 bits per heavy atom. The zero-order valence-electron chi connectivity index (χ0n) is 19.6. The summed E-state index contributed by atoms with van der Waals surface area (Å²) in [6.45, 7) is 3.68. The van der Waals surface area contributed by atoms with Gasteiger partial charge in [0.25, 0.3) is 5.91 Å². The summed E-state index contributed by atoms with van der Waals surface area (Å²) in [6.07, 6.45) is 4.64. The van der Waals surface area contributed by atoms with Gasteiger partial charge in [0.15, 0.2) is 0 Å². The third-order valence-corrected chi connectivity index (χ3v) is 6.69. The highest BCUT2D eigenvalue weighted by atomic mass is 79.9. The summed E-state index contributed by atoms with van der Waals surface area (Å²) in [7, 11) is 0. The highest BCUT2D eigenvalue weighted by molar-refractivity contribution is 9.10. The molecule has 7 heteroatoms. The van der Waals surface area contributed by atoms with E-state index in [9.17, 15) is 14.9 Å². The molecule has 36 heavy (non-hydrogen) atoms. The van der Waals surface area contributed by atoms with Gasteiger partial charge in [0, 0.05) is 15.9 Å². The van der Waals surface area contributed by atoms with Crippen molar-refractivity contribution >= 4 is 49.8 Å². The molecule has 0 saturated heterocycles. The minimum Gasteiger partial charge on any atom is -0.269 e. The van der Waals surface area contributed by atoms with Gasteiger partial charge in [-0.05, 0) is 61.4 Å². The molecule has 5 rings (SSSR count). The maximum Gasteiger partial charge on any atom is 0.340 e. The first-order valence-corrected chi connectivity index (χ1v) is 12.1. The van der Waals surface area contributed by atoms with Crippen LogP contribution >= 0.6 is 15.9 Å². The van der Waals surface area contributed by atoms with Gasteiger partial charge in [-0.25, -0.2) is 9.36 Å². The van der Waals surface area contributed by atoms with Crippen molar-refractivity contribution in [2.24, 2.45) is 0 Å². The van der Waals surface area contributed by atoms with E-state index in [0.29, 0.717) is 22.2 Å². The van der Waals surface area contributed by atoms with E-state index in [1.54, 1.807) is 24.4 Å². The molecule has 6 nitrogen and oxygen atoms in total. The van der Waals surface area contributed by atoms with Crippen LogP contribution in [0.5, 0.6) is 0 Å². The number of hydrogen-bond donors (Lipinski definition) is 0. The Labute approximate surface area is 215 Å². The summed E-state index contributed by atoms with van der Waals surface area (Å²) < 4.78 is 3.51. The average molecular weight is 537 g/mol. The Morgan fingerprint density at radius 2 is 1.78 bits per heavy atom. The van der Waals surface area contributed by atoms with Crippen LogP contribution in [0.3, 0.4) is 0 Å². The minimum atomic E-state index is -0.669. The van der Waals surface area contributed by atoms with E-state index in [2.05, 4.69) is 27.0 Å². The Kier molecular flexibility index (Phi) is 5.91. The molecule has 0 aliphatic heterocycles. The number of carbonyl (C=O) groups excluding carboxylic acids is 1. The number of rotatable bonds is 4. The van der Waals surface area contributed by atoms with Crippen LogP contribution in [0.4, 0.5) is 0 Å². The molecule has 3 aromatic carbocycles. The van der Waals surface area contributed by atoms with Crippen LogP contribution in [0.15, 0.2) is 94.3 Å². The molecule has 2 heterocycles. The first-order chi connectivity index (χ1) is 17.3. The molecule has 0 aliphatic rings. The number of imidazole rings is 1. The summed E-state index contributed by atoms with van der Waals surface area (Å²) in [5, 5.41) is 10.2. The van der Waals surface area contributed by atoms with Crippen molar-refractivity contribution in [3.63, 3.8) is 0 Å². The number of aromatic nitrogens is 3. The molecule has 0 radical (unpaired) electrons. The molecule has 0 unspecified atom stereocenters. The smallest absolute Gasteiger partial charge is 0.269 e. The summed E-state index contributed by atoms with van der Waals surface area (Å²) in [5.41, 5.74) is 2.81. The number of nitriles is 1. The lowest BCUT2D eigenvalue weighted by Crippen LogP contribution is -2.27. The molecule has 0 aliphatic carbocycles. The number of nitrogens with zero attached hydrogens (tertiary/aromatic N) is 4. The average Bonchev–Trinajstić information content (AvgIpc) is 3.20. The lowest BCUT2D eigenvalue weighted by atomic mass is 9.86. The zero-order valence-corrected chi connectivity index (χ0v) is 21.2. The number of fused-ring (bicyclic) bond motifs is 3. The van der Waals surface area contributed by atoms with Crippen LogP contribution in [0.2, 0.25) is 0 Å². The fourth-order valence-electron chi connectivity index (χ4n) is 4.19.